The highest BCUT2D eigenvalue weighted by Crippen LogP contribution is 2.22. The first-order chi connectivity index (χ1) is 9.10. The summed E-state index contributed by atoms with van der Waals surface area (Å²) in [7, 11) is 1.60. The lowest BCUT2D eigenvalue weighted by atomic mass is 10.1. The van der Waals surface area contributed by atoms with E-state index in [0.29, 0.717) is 5.82 Å². The van der Waals surface area contributed by atoms with E-state index in [4.69, 9.17) is 4.74 Å². The lowest BCUT2D eigenvalue weighted by Crippen LogP contribution is -2.19. The van der Waals surface area contributed by atoms with Crippen molar-refractivity contribution >= 4 is 17.5 Å². The van der Waals surface area contributed by atoms with Gasteiger partial charge >= 0.3 is 0 Å². The van der Waals surface area contributed by atoms with E-state index in [1.807, 2.05) is 24.3 Å². The van der Waals surface area contributed by atoms with Gasteiger partial charge in [-0.1, -0.05) is 0 Å². The molecule has 0 saturated heterocycles. The van der Waals surface area contributed by atoms with Gasteiger partial charge < -0.3 is 10.1 Å². The Bertz CT molecular complexity index is 602. The Morgan fingerprint density at radius 3 is 2.53 bits per heavy atom. The van der Waals surface area contributed by atoms with Gasteiger partial charge in [-0.25, -0.2) is 0 Å². The van der Waals surface area contributed by atoms with Crippen LogP contribution in [0.15, 0.2) is 30.3 Å². The van der Waals surface area contributed by atoms with Crippen LogP contribution >= 0.6 is 0 Å². The molecule has 0 aliphatic heterocycles. The van der Waals surface area contributed by atoms with Crippen LogP contribution < -0.4 is 10.1 Å². The molecule has 1 heterocycles. The smallest absolute Gasteiger partial charge is 0.292 e. The van der Waals surface area contributed by atoms with Crippen molar-refractivity contribution in [2.45, 2.75) is 6.92 Å². The Labute approximate surface area is 109 Å². The average molecular weight is 259 g/mol. The maximum atomic E-state index is 11.2. The van der Waals surface area contributed by atoms with Crippen LogP contribution in [0.1, 0.15) is 6.92 Å². The number of nitrogens with one attached hydrogen (secondary N) is 2. The summed E-state index contributed by atoms with van der Waals surface area (Å²) in [6, 6.07) is 9.03. The molecule has 0 saturated carbocycles. The Kier molecular flexibility index (Phi) is 3.61. The molecule has 1 aromatic carbocycles. The van der Waals surface area contributed by atoms with Gasteiger partial charge in [-0.3, -0.25) is 14.7 Å². The van der Waals surface area contributed by atoms with Crippen molar-refractivity contribution in [3.05, 3.63) is 30.3 Å². The first-order valence-electron chi connectivity index (χ1n) is 5.62. The number of anilines is 1. The van der Waals surface area contributed by atoms with E-state index in [1.165, 1.54) is 6.92 Å². The van der Waals surface area contributed by atoms with Crippen LogP contribution in [0.4, 0.5) is 5.82 Å². The number of Topliss-reactive ketones (excluding diaryl/α,β-unsaturated/α-hetero) is 1. The molecule has 0 radical (unpaired) electrons. The number of methoxy groups -OCH3 is 1. The number of amides is 1. The number of hydrogen-bond donors (Lipinski definition) is 2. The molecule has 0 spiro atoms. The van der Waals surface area contributed by atoms with Crippen molar-refractivity contribution in [1.29, 1.82) is 0 Å². The lowest BCUT2D eigenvalue weighted by molar-refractivity contribution is -0.133. The number of H-pyrrole nitrogens is 1. The highest BCUT2D eigenvalue weighted by Gasteiger charge is 2.10. The monoisotopic (exact) mass is 259 g/mol. The summed E-state index contributed by atoms with van der Waals surface area (Å²) >= 11 is 0. The summed E-state index contributed by atoms with van der Waals surface area (Å²) in [5.74, 6) is -0.179. The van der Waals surface area contributed by atoms with Crippen LogP contribution in [0, 0.1) is 0 Å². The van der Waals surface area contributed by atoms with Crippen LogP contribution in [0.2, 0.25) is 0 Å². The summed E-state index contributed by atoms with van der Waals surface area (Å²) in [5.41, 5.74) is 1.64. The van der Waals surface area contributed by atoms with Crippen LogP contribution in [-0.4, -0.2) is 29.0 Å². The van der Waals surface area contributed by atoms with E-state index in [0.717, 1.165) is 17.0 Å². The molecule has 98 valence electrons. The third-order valence-corrected chi connectivity index (χ3v) is 2.54. The number of aromatic nitrogens is 2. The third kappa shape index (κ3) is 2.98. The number of benzene rings is 1. The van der Waals surface area contributed by atoms with Crippen molar-refractivity contribution in [1.82, 2.24) is 10.2 Å². The minimum absolute atomic E-state index is 0.311. The second-order valence-electron chi connectivity index (χ2n) is 3.91. The van der Waals surface area contributed by atoms with Gasteiger partial charge in [-0.15, -0.1) is 0 Å². The molecular formula is C13H13N3O3. The SMILES string of the molecule is COc1ccc(-c2cc(NC(=O)C(C)=O)n[nH]2)cc1. The molecule has 6 nitrogen and oxygen atoms in total. The number of carbonyl (C=O) groups is 2. The van der Waals surface area contributed by atoms with Gasteiger partial charge in [0.25, 0.3) is 5.91 Å². The largest absolute Gasteiger partial charge is 0.497 e. The Balaban J connectivity index is 2.15. The van der Waals surface area contributed by atoms with Gasteiger partial charge in [-0.05, 0) is 29.8 Å². The van der Waals surface area contributed by atoms with E-state index >= 15 is 0 Å². The van der Waals surface area contributed by atoms with Crippen LogP contribution in [0.25, 0.3) is 11.3 Å². The molecule has 0 fully saturated rings. The highest BCUT2D eigenvalue weighted by atomic mass is 16.5. The Morgan fingerprint density at radius 2 is 1.95 bits per heavy atom. The minimum atomic E-state index is -0.687. The summed E-state index contributed by atoms with van der Waals surface area (Å²) in [4.78, 5) is 22.0. The fraction of sp³-hybridized carbons (Fsp3) is 0.154. The number of ketones is 1. The lowest BCUT2D eigenvalue weighted by Gasteiger charge is -2.00. The molecule has 6 heteroatoms. The van der Waals surface area contributed by atoms with E-state index in [9.17, 15) is 9.59 Å². The summed E-state index contributed by atoms with van der Waals surface area (Å²) in [5, 5.41) is 9.10. The number of nitrogens with zero attached hydrogens (tertiary/aromatic N) is 1. The molecule has 0 aliphatic rings. The van der Waals surface area contributed by atoms with Gasteiger partial charge in [0.1, 0.15) is 5.75 Å². The van der Waals surface area contributed by atoms with Crippen LogP contribution in [-0.2, 0) is 9.59 Å². The Morgan fingerprint density at radius 1 is 1.26 bits per heavy atom. The van der Waals surface area contributed by atoms with Crippen molar-refractivity contribution in [3.63, 3.8) is 0 Å². The standard InChI is InChI=1S/C13H13N3O3/c1-8(17)13(18)14-12-7-11(15-16-12)9-3-5-10(19-2)6-4-9/h3-7H,1-2H3,(H2,14,15,16,18). The molecular weight excluding hydrogens is 246 g/mol. The molecule has 0 atom stereocenters. The summed E-state index contributed by atoms with van der Waals surface area (Å²) < 4.78 is 5.07. The molecule has 2 aromatic rings. The van der Waals surface area contributed by atoms with Crippen LogP contribution in [0.3, 0.4) is 0 Å². The van der Waals surface area contributed by atoms with E-state index < -0.39 is 11.7 Å². The first kappa shape index (κ1) is 12.8. The zero-order chi connectivity index (χ0) is 13.8. The fourth-order valence-corrected chi connectivity index (χ4v) is 1.51. The third-order valence-electron chi connectivity index (χ3n) is 2.54. The normalized spacial score (nSPS) is 10.0. The number of aromatic amines is 1. The Hall–Kier alpha value is -2.63. The predicted octanol–water partition coefficient (Wildman–Crippen LogP) is 1.61. The van der Waals surface area contributed by atoms with E-state index in [2.05, 4.69) is 15.5 Å². The fourth-order valence-electron chi connectivity index (χ4n) is 1.51. The molecule has 1 amide bonds. The molecule has 0 aliphatic carbocycles. The molecule has 19 heavy (non-hydrogen) atoms. The predicted molar refractivity (Wildman–Crippen MR) is 69.9 cm³/mol. The quantitative estimate of drug-likeness (QED) is 0.817. The zero-order valence-corrected chi connectivity index (χ0v) is 10.6. The van der Waals surface area contributed by atoms with Gasteiger partial charge in [0.05, 0.1) is 12.8 Å². The number of rotatable bonds is 4. The van der Waals surface area contributed by atoms with Gasteiger partial charge in [0, 0.05) is 13.0 Å². The maximum Gasteiger partial charge on any atom is 0.292 e. The summed E-state index contributed by atoms with van der Waals surface area (Å²) in [6.45, 7) is 1.20. The van der Waals surface area contributed by atoms with Crippen molar-refractivity contribution in [2.24, 2.45) is 0 Å². The molecule has 0 bridgehead atoms. The first-order valence-corrected chi connectivity index (χ1v) is 5.62. The second kappa shape index (κ2) is 5.34. The average Bonchev–Trinajstić information content (AvgIpc) is 2.87. The molecule has 2 N–H and O–H groups in total. The maximum absolute atomic E-state index is 11.2. The highest BCUT2D eigenvalue weighted by molar-refractivity contribution is 6.39. The molecule has 2 rings (SSSR count). The van der Waals surface area contributed by atoms with Crippen molar-refractivity contribution < 1.29 is 14.3 Å². The van der Waals surface area contributed by atoms with Crippen LogP contribution in [0.5, 0.6) is 5.75 Å². The zero-order valence-electron chi connectivity index (χ0n) is 10.6. The van der Waals surface area contributed by atoms with Gasteiger partial charge in [0.2, 0.25) is 5.78 Å². The number of ether oxygens (including phenoxy) is 1. The van der Waals surface area contributed by atoms with Gasteiger partial charge in [-0.2, -0.15) is 5.10 Å². The summed E-state index contributed by atoms with van der Waals surface area (Å²) in [6.07, 6.45) is 0. The van der Waals surface area contributed by atoms with Gasteiger partial charge in [0.15, 0.2) is 5.82 Å². The number of carbonyl (C=O) groups excluding carboxylic acids is 2. The second-order valence-corrected chi connectivity index (χ2v) is 3.91. The van der Waals surface area contributed by atoms with E-state index in [1.54, 1.807) is 13.2 Å². The van der Waals surface area contributed by atoms with Crippen molar-refractivity contribution in [2.75, 3.05) is 12.4 Å². The number of hydrogen-bond acceptors (Lipinski definition) is 4. The molecule has 0 unspecified atom stereocenters. The minimum Gasteiger partial charge on any atom is -0.497 e. The topological polar surface area (TPSA) is 84.1 Å². The molecule has 1 aromatic heterocycles. The van der Waals surface area contributed by atoms with E-state index in [-0.39, 0.29) is 0 Å². The van der Waals surface area contributed by atoms with Crippen molar-refractivity contribution in [3.8, 4) is 17.0 Å².